The molecule has 184 valence electrons. The van der Waals surface area contributed by atoms with Crippen molar-refractivity contribution >= 4 is 17.7 Å². The van der Waals surface area contributed by atoms with Crippen LogP contribution in [0.25, 0.3) is 29.1 Å². The number of hydrogen-bond donors (Lipinski definition) is 2. The summed E-state index contributed by atoms with van der Waals surface area (Å²) in [5, 5.41) is 9.74. The summed E-state index contributed by atoms with van der Waals surface area (Å²) in [5.41, 5.74) is 8.85. The van der Waals surface area contributed by atoms with Crippen molar-refractivity contribution in [2.24, 2.45) is 0 Å². The molecule has 0 spiro atoms. The van der Waals surface area contributed by atoms with Gasteiger partial charge in [-0.1, -0.05) is 50.1 Å². The van der Waals surface area contributed by atoms with Gasteiger partial charge in [-0.25, -0.2) is 0 Å². The zero-order valence-corrected chi connectivity index (χ0v) is 21.9. The largest absolute Gasteiger partial charge is 0.378 e. The summed E-state index contributed by atoms with van der Waals surface area (Å²) in [6.45, 7) is 18.3. The van der Waals surface area contributed by atoms with Gasteiger partial charge in [0.25, 0.3) is 0 Å². The molecule has 0 saturated heterocycles. The standard InChI is InChI=1S/C31H35N5/c1-9-14-26(24-15-13-16-32-20-24)27-19-30(33-22(27)6)31-28(29(12-4)34-35-31)17-21(5)23(10-2)18-25(11-3)36(7)8/h9-20,33-34H,1,3,5H2,2,4,6-8H3/b23-10+,25-18+,26-14-,28-17+,29-12+. The number of aromatic nitrogens is 4. The highest BCUT2D eigenvalue weighted by Crippen LogP contribution is 2.29. The van der Waals surface area contributed by atoms with Crippen molar-refractivity contribution in [3.8, 4) is 11.4 Å². The highest BCUT2D eigenvalue weighted by molar-refractivity contribution is 5.84. The number of hydrogen-bond acceptors (Lipinski definition) is 3. The number of aryl methyl sites for hydroxylation is 1. The summed E-state index contributed by atoms with van der Waals surface area (Å²) in [4.78, 5) is 9.85. The first-order valence-electron chi connectivity index (χ1n) is 11.9. The highest BCUT2D eigenvalue weighted by Gasteiger charge is 2.15. The van der Waals surface area contributed by atoms with E-state index in [4.69, 9.17) is 0 Å². The second kappa shape index (κ2) is 11.8. The van der Waals surface area contributed by atoms with Crippen molar-refractivity contribution < 1.29 is 0 Å². The van der Waals surface area contributed by atoms with Crippen LogP contribution in [-0.4, -0.2) is 39.2 Å². The molecule has 0 aliphatic rings. The lowest BCUT2D eigenvalue weighted by Crippen LogP contribution is -2.23. The average Bonchev–Trinajstić information content (AvgIpc) is 3.46. The molecule has 0 bridgehead atoms. The Hall–Kier alpha value is -4.38. The molecule has 2 N–H and O–H groups in total. The van der Waals surface area contributed by atoms with Gasteiger partial charge in [0.15, 0.2) is 0 Å². The lowest BCUT2D eigenvalue weighted by Gasteiger charge is -2.14. The van der Waals surface area contributed by atoms with E-state index in [2.05, 4.69) is 71.1 Å². The van der Waals surface area contributed by atoms with Crippen molar-refractivity contribution in [1.29, 1.82) is 0 Å². The van der Waals surface area contributed by atoms with E-state index >= 15 is 0 Å². The third-order valence-corrected chi connectivity index (χ3v) is 5.97. The van der Waals surface area contributed by atoms with Crippen LogP contribution in [0.15, 0.2) is 97.6 Å². The van der Waals surface area contributed by atoms with E-state index in [-0.39, 0.29) is 0 Å². The number of rotatable bonds is 9. The molecular formula is C31H35N5. The lowest BCUT2D eigenvalue weighted by molar-refractivity contribution is 0.530. The van der Waals surface area contributed by atoms with Gasteiger partial charge in [0.2, 0.25) is 0 Å². The van der Waals surface area contributed by atoms with Crippen molar-refractivity contribution in [3.63, 3.8) is 0 Å². The SMILES string of the molecule is C=C/C=C(/c1cccnc1)c1cc(-c2n[nH]c(=C/C)/c2=C\C(=C)C(=C/C)/C=C(\C=C)N(C)C)[nH]c1C. The molecule has 5 nitrogen and oxygen atoms in total. The molecule has 0 aliphatic heterocycles. The number of aromatic amines is 2. The molecular weight excluding hydrogens is 442 g/mol. The molecule has 0 fully saturated rings. The van der Waals surface area contributed by atoms with Gasteiger partial charge in [0.05, 0.1) is 11.0 Å². The number of pyridine rings is 1. The Labute approximate surface area is 214 Å². The smallest absolute Gasteiger partial charge is 0.116 e. The van der Waals surface area contributed by atoms with Crippen LogP contribution in [0.5, 0.6) is 0 Å². The highest BCUT2D eigenvalue weighted by atomic mass is 15.1. The molecule has 0 unspecified atom stereocenters. The van der Waals surface area contributed by atoms with Crippen LogP contribution in [-0.2, 0) is 0 Å². The number of likely N-dealkylation sites (N-methyl/N-ethyl adjacent to an activating group) is 1. The van der Waals surface area contributed by atoms with E-state index < -0.39 is 0 Å². The second-order valence-corrected chi connectivity index (χ2v) is 8.55. The zero-order valence-electron chi connectivity index (χ0n) is 21.9. The van der Waals surface area contributed by atoms with Crippen molar-refractivity contribution in [2.75, 3.05) is 14.1 Å². The zero-order chi connectivity index (χ0) is 26.2. The van der Waals surface area contributed by atoms with E-state index in [1.807, 2.05) is 69.4 Å². The minimum Gasteiger partial charge on any atom is -0.378 e. The lowest BCUT2D eigenvalue weighted by atomic mass is 9.98. The van der Waals surface area contributed by atoms with Crippen molar-refractivity contribution in [1.82, 2.24) is 25.1 Å². The summed E-state index contributed by atoms with van der Waals surface area (Å²) in [7, 11) is 3.99. The fraction of sp³-hybridized carbons (Fsp3) is 0.161. The Morgan fingerprint density at radius 1 is 1.17 bits per heavy atom. The Morgan fingerprint density at radius 3 is 2.53 bits per heavy atom. The van der Waals surface area contributed by atoms with Crippen molar-refractivity contribution in [2.45, 2.75) is 20.8 Å². The Morgan fingerprint density at radius 2 is 1.94 bits per heavy atom. The van der Waals surface area contributed by atoms with E-state index in [9.17, 15) is 0 Å². The molecule has 36 heavy (non-hydrogen) atoms. The molecule has 3 heterocycles. The molecule has 0 aromatic carbocycles. The first kappa shape index (κ1) is 26.2. The quantitative estimate of drug-likeness (QED) is 0.404. The van der Waals surface area contributed by atoms with E-state index in [1.165, 1.54) is 0 Å². The molecule has 3 aromatic rings. The summed E-state index contributed by atoms with van der Waals surface area (Å²) in [5.74, 6) is 0. The number of nitrogens with one attached hydrogen (secondary N) is 2. The third kappa shape index (κ3) is 5.63. The summed E-state index contributed by atoms with van der Waals surface area (Å²) >= 11 is 0. The molecule has 0 aliphatic carbocycles. The van der Waals surface area contributed by atoms with Crippen LogP contribution in [0.3, 0.4) is 0 Å². The maximum absolute atomic E-state index is 4.66. The van der Waals surface area contributed by atoms with Gasteiger partial charge >= 0.3 is 0 Å². The topological polar surface area (TPSA) is 60.6 Å². The molecule has 0 saturated carbocycles. The van der Waals surface area contributed by atoms with Gasteiger partial charge in [0, 0.05) is 54.2 Å². The van der Waals surface area contributed by atoms with E-state index in [0.717, 1.165) is 61.2 Å². The Balaban J connectivity index is 2.14. The summed E-state index contributed by atoms with van der Waals surface area (Å²) in [6, 6.07) is 6.12. The maximum Gasteiger partial charge on any atom is 0.116 e. The number of H-pyrrole nitrogens is 2. The molecule has 0 amide bonds. The van der Waals surface area contributed by atoms with Crippen LogP contribution in [0.2, 0.25) is 0 Å². The minimum atomic E-state index is 0.832. The predicted octanol–water partition coefficient (Wildman–Crippen LogP) is 5.44. The summed E-state index contributed by atoms with van der Waals surface area (Å²) in [6.07, 6.45) is 17.5. The van der Waals surface area contributed by atoms with Gasteiger partial charge in [0.1, 0.15) is 5.69 Å². The Kier molecular flexibility index (Phi) is 8.63. The fourth-order valence-electron chi connectivity index (χ4n) is 4.03. The van der Waals surface area contributed by atoms with Crippen LogP contribution in [0.1, 0.15) is 30.7 Å². The van der Waals surface area contributed by atoms with Crippen LogP contribution < -0.4 is 10.6 Å². The predicted molar refractivity (Wildman–Crippen MR) is 153 cm³/mol. The van der Waals surface area contributed by atoms with E-state index in [0.29, 0.717) is 0 Å². The van der Waals surface area contributed by atoms with Gasteiger partial charge < -0.3 is 9.88 Å². The molecule has 0 atom stereocenters. The fourth-order valence-corrected chi connectivity index (χ4v) is 4.03. The second-order valence-electron chi connectivity index (χ2n) is 8.55. The van der Waals surface area contributed by atoms with Gasteiger partial charge in [-0.15, -0.1) is 0 Å². The monoisotopic (exact) mass is 477 g/mol. The van der Waals surface area contributed by atoms with Crippen molar-refractivity contribution in [3.05, 3.63) is 125 Å². The average molecular weight is 478 g/mol. The number of nitrogens with zero attached hydrogens (tertiary/aromatic N) is 3. The third-order valence-electron chi connectivity index (χ3n) is 5.97. The maximum atomic E-state index is 4.66. The molecule has 3 rings (SSSR count). The van der Waals surface area contributed by atoms with Gasteiger partial charge in [-0.3, -0.25) is 10.1 Å². The van der Waals surface area contributed by atoms with Gasteiger partial charge in [-0.2, -0.15) is 5.10 Å². The van der Waals surface area contributed by atoms with Crippen LogP contribution >= 0.6 is 0 Å². The number of allylic oxidation sites excluding steroid dienone is 7. The Bertz CT molecular complexity index is 1470. The first-order valence-corrected chi connectivity index (χ1v) is 11.9. The normalized spacial score (nSPS) is 13.8. The molecule has 0 radical (unpaired) electrons. The van der Waals surface area contributed by atoms with Crippen LogP contribution in [0, 0.1) is 6.92 Å². The van der Waals surface area contributed by atoms with Crippen LogP contribution in [0.4, 0.5) is 0 Å². The molecule has 5 heteroatoms. The summed E-state index contributed by atoms with van der Waals surface area (Å²) < 4.78 is 0. The minimum absolute atomic E-state index is 0.832. The van der Waals surface area contributed by atoms with E-state index in [1.54, 1.807) is 12.3 Å². The first-order chi connectivity index (χ1) is 17.3. The molecule has 3 aromatic heterocycles. The van der Waals surface area contributed by atoms with Gasteiger partial charge in [-0.05, 0) is 67.9 Å².